The standard InChI is InChI=1S/C8H16N2O/c1-7(8(9)11)10-5-3-2-4-6-10/h7H,2-6H2,1H3,(H2,9,11)/t7-/m1/s1. The van der Waals surface area contributed by atoms with Gasteiger partial charge in [0.15, 0.2) is 0 Å². The molecule has 2 N–H and O–H groups in total. The van der Waals surface area contributed by atoms with Crippen molar-refractivity contribution in [3.8, 4) is 0 Å². The van der Waals surface area contributed by atoms with Crippen LogP contribution in [-0.4, -0.2) is 29.9 Å². The van der Waals surface area contributed by atoms with Crippen molar-refractivity contribution in [2.24, 2.45) is 5.73 Å². The van der Waals surface area contributed by atoms with Gasteiger partial charge in [0, 0.05) is 0 Å². The van der Waals surface area contributed by atoms with Gasteiger partial charge in [0.25, 0.3) is 0 Å². The van der Waals surface area contributed by atoms with Crippen molar-refractivity contribution in [2.75, 3.05) is 13.1 Å². The second kappa shape index (κ2) is 3.72. The summed E-state index contributed by atoms with van der Waals surface area (Å²) in [6.45, 7) is 3.95. The molecule has 3 heteroatoms. The van der Waals surface area contributed by atoms with Gasteiger partial charge in [-0.3, -0.25) is 9.69 Å². The second-order valence-corrected chi connectivity index (χ2v) is 3.17. The zero-order chi connectivity index (χ0) is 8.27. The average Bonchev–Trinajstić information content (AvgIpc) is 2.05. The summed E-state index contributed by atoms with van der Waals surface area (Å²) >= 11 is 0. The number of hydrogen-bond acceptors (Lipinski definition) is 2. The number of carbonyl (C=O) groups excluding carboxylic acids is 1. The molecule has 0 spiro atoms. The van der Waals surface area contributed by atoms with Gasteiger partial charge in [-0.1, -0.05) is 6.42 Å². The lowest BCUT2D eigenvalue weighted by atomic mass is 10.1. The Bertz CT molecular complexity index is 141. The van der Waals surface area contributed by atoms with Crippen LogP contribution in [0.25, 0.3) is 0 Å². The number of likely N-dealkylation sites (tertiary alicyclic amines) is 1. The van der Waals surface area contributed by atoms with Gasteiger partial charge in [-0.05, 0) is 32.9 Å². The number of carbonyl (C=O) groups is 1. The van der Waals surface area contributed by atoms with E-state index in [0.717, 1.165) is 13.1 Å². The molecule has 0 saturated carbocycles. The maximum absolute atomic E-state index is 10.8. The van der Waals surface area contributed by atoms with E-state index in [-0.39, 0.29) is 11.9 Å². The molecule has 3 nitrogen and oxygen atoms in total. The number of nitrogens with two attached hydrogens (primary N) is 1. The molecule has 1 rings (SSSR count). The predicted octanol–water partition coefficient (Wildman–Crippen LogP) is 0.346. The number of amides is 1. The van der Waals surface area contributed by atoms with Crippen molar-refractivity contribution in [3.63, 3.8) is 0 Å². The van der Waals surface area contributed by atoms with Gasteiger partial charge >= 0.3 is 0 Å². The van der Waals surface area contributed by atoms with Crippen molar-refractivity contribution < 1.29 is 4.79 Å². The van der Waals surface area contributed by atoms with Crippen LogP contribution in [-0.2, 0) is 4.79 Å². The van der Waals surface area contributed by atoms with Gasteiger partial charge in [-0.25, -0.2) is 0 Å². The summed E-state index contributed by atoms with van der Waals surface area (Å²) in [6.07, 6.45) is 3.71. The van der Waals surface area contributed by atoms with Crippen molar-refractivity contribution in [1.82, 2.24) is 4.90 Å². The molecule has 1 fully saturated rings. The molecule has 0 aromatic rings. The molecule has 64 valence electrons. The molecule has 1 heterocycles. The minimum absolute atomic E-state index is 0.0738. The summed E-state index contributed by atoms with van der Waals surface area (Å²) in [5.74, 6) is -0.202. The van der Waals surface area contributed by atoms with Gasteiger partial charge in [0.2, 0.25) is 5.91 Å². The Labute approximate surface area is 67.5 Å². The van der Waals surface area contributed by atoms with Crippen LogP contribution in [0.1, 0.15) is 26.2 Å². The zero-order valence-electron chi connectivity index (χ0n) is 7.05. The Morgan fingerprint density at radius 2 is 1.91 bits per heavy atom. The van der Waals surface area contributed by atoms with E-state index in [1.165, 1.54) is 19.3 Å². The largest absolute Gasteiger partial charge is 0.368 e. The van der Waals surface area contributed by atoms with E-state index >= 15 is 0 Å². The van der Waals surface area contributed by atoms with Gasteiger partial charge in [-0.15, -0.1) is 0 Å². The van der Waals surface area contributed by atoms with E-state index in [1.54, 1.807) is 0 Å². The van der Waals surface area contributed by atoms with Crippen LogP contribution in [0.2, 0.25) is 0 Å². The molecule has 0 aromatic carbocycles. The van der Waals surface area contributed by atoms with Crippen LogP contribution >= 0.6 is 0 Å². The molecule has 0 aromatic heterocycles. The first-order chi connectivity index (χ1) is 5.22. The summed E-state index contributed by atoms with van der Waals surface area (Å²) in [4.78, 5) is 12.9. The number of rotatable bonds is 2. The first kappa shape index (κ1) is 8.53. The lowest BCUT2D eigenvalue weighted by Gasteiger charge is -2.30. The highest BCUT2D eigenvalue weighted by molar-refractivity contribution is 5.79. The van der Waals surface area contributed by atoms with Crippen molar-refractivity contribution in [1.29, 1.82) is 0 Å². The molecule has 11 heavy (non-hydrogen) atoms. The van der Waals surface area contributed by atoms with E-state index in [2.05, 4.69) is 4.90 Å². The normalized spacial score (nSPS) is 23.0. The van der Waals surface area contributed by atoms with Gasteiger partial charge in [-0.2, -0.15) is 0 Å². The van der Waals surface area contributed by atoms with Crippen molar-refractivity contribution >= 4 is 5.91 Å². The zero-order valence-corrected chi connectivity index (χ0v) is 7.05. The molecule has 1 saturated heterocycles. The minimum atomic E-state index is -0.202. The highest BCUT2D eigenvalue weighted by atomic mass is 16.1. The Kier molecular flexibility index (Phi) is 2.88. The molecule has 1 atom stereocenters. The SMILES string of the molecule is C[C@H](C(N)=O)N1CCCCC1. The van der Waals surface area contributed by atoms with E-state index in [0.29, 0.717) is 0 Å². The van der Waals surface area contributed by atoms with Crippen molar-refractivity contribution in [2.45, 2.75) is 32.2 Å². The Morgan fingerprint density at radius 1 is 1.36 bits per heavy atom. The molecule has 0 bridgehead atoms. The maximum Gasteiger partial charge on any atom is 0.234 e. The molecule has 0 unspecified atom stereocenters. The molecule has 1 aliphatic heterocycles. The lowest BCUT2D eigenvalue weighted by Crippen LogP contribution is -2.45. The fourth-order valence-electron chi connectivity index (χ4n) is 1.49. The van der Waals surface area contributed by atoms with Crippen molar-refractivity contribution in [3.05, 3.63) is 0 Å². The van der Waals surface area contributed by atoms with Gasteiger partial charge in [0.05, 0.1) is 6.04 Å². The molecule has 0 radical (unpaired) electrons. The average molecular weight is 156 g/mol. The Balaban J connectivity index is 2.38. The van der Waals surface area contributed by atoms with E-state index in [4.69, 9.17) is 5.73 Å². The summed E-state index contributed by atoms with van der Waals surface area (Å²) in [5.41, 5.74) is 5.19. The fraction of sp³-hybridized carbons (Fsp3) is 0.875. The van der Waals surface area contributed by atoms with Crippen LogP contribution in [0, 0.1) is 0 Å². The van der Waals surface area contributed by atoms with E-state index < -0.39 is 0 Å². The highest BCUT2D eigenvalue weighted by Crippen LogP contribution is 2.11. The van der Waals surface area contributed by atoms with Gasteiger partial charge < -0.3 is 5.73 Å². The summed E-state index contributed by atoms with van der Waals surface area (Å²) in [6, 6.07) is -0.0738. The molecular weight excluding hydrogens is 140 g/mol. The third-order valence-electron chi connectivity index (χ3n) is 2.35. The third kappa shape index (κ3) is 2.19. The second-order valence-electron chi connectivity index (χ2n) is 3.17. The third-order valence-corrected chi connectivity index (χ3v) is 2.35. The van der Waals surface area contributed by atoms with Crippen LogP contribution in [0.3, 0.4) is 0 Å². The summed E-state index contributed by atoms with van der Waals surface area (Å²) in [7, 11) is 0. The maximum atomic E-state index is 10.8. The predicted molar refractivity (Wildman–Crippen MR) is 44.1 cm³/mol. The molecular formula is C8H16N2O. The van der Waals surface area contributed by atoms with E-state index in [9.17, 15) is 4.79 Å². The summed E-state index contributed by atoms with van der Waals surface area (Å²) < 4.78 is 0. The van der Waals surface area contributed by atoms with Crippen LogP contribution in [0.4, 0.5) is 0 Å². The monoisotopic (exact) mass is 156 g/mol. The van der Waals surface area contributed by atoms with Crippen LogP contribution in [0.15, 0.2) is 0 Å². The Hall–Kier alpha value is -0.570. The Morgan fingerprint density at radius 3 is 2.36 bits per heavy atom. The topological polar surface area (TPSA) is 46.3 Å². The molecule has 0 aliphatic carbocycles. The molecule has 1 amide bonds. The van der Waals surface area contributed by atoms with Crippen LogP contribution < -0.4 is 5.73 Å². The lowest BCUT2D eigenvalue weighted by molar-refractivity contribution is -0.123. The highest BCUT2D eigenvalue weighted by Gasteiger charge is 2.19. The number of piperidine rings is 1. The smallest absolute Gasteiger partial charge is 0.234 e. The van der Waals surface area contributed by atoms with Crippen LogP contribution in [0.5, 0.6) is 0 Å². The number of hydrogen-bond donors (Lipinski definition) is 1. The molecule has 1 aliphatic rings. The minimum Gasteiger partial charge on any atom is -0.368 e. The fourth-order valence-corrected chi connectivity index (χ4v) is 1.49. The first-order valence-electron chi connectivity index (χ1n) is 4.25. The van der Waals surface area contributed by atoms with Gasteiger partial charge in [0.1, 0.15) is 0 Å². The van der Waals surface area contributed by atoms with E-state index in [1.807, 2.05) is 6.92 Å². The number of nitrogens with zero attached hydrogens (tertiary/aromatic N) is 1. The first-order valence-corrected chi connectivity index (χ1v) is 4.25. The number of primary amides is 1. The quantitative estimate of drug-likeness (QED) is 0.627. The summed E-state index contributed by atoms with van der Waals surface area (Å²) in [5, 5.41) is 0.